The molecule has 1 aromatic heterocycles. The van der Waals surface area contributed by atoms with Crippen molar-refractivity contribution in [2.24, 2.45) is 0 Å². The summed E-state index contributed by atoms with van der Waals surface area (Å²) in [7, 11) is 0. The van der Waals surface area contributed by atoms with Gasteiger partial charge in [0.15, 0.2) is 5.13 Å². The van der Waals surface area contributed by atoms with Crippen molar-refractivity contribution < 1.29 is 14.5 Å². The lowest BCUT2D eigenvalue weighted by molar-refractivity contribution is -0.384. The summed E-state index contributed by atoms with van der Waals surface area (Å²) in [4.78, 5) is 36.0. The van der Waals surface area contributed by atoms with Gasteiger partial charge in [0.2, 0.25) is 0 Å². The van der Waals surface area contributed by atoms with Crippen molar-refractivity contribution >= 4 is 44.0 Å². The lowest BCUT2D eigenvalue weighted by Gasteiger charge is -2.30. The minimum atomic E-state index is -0.378. The number of carbonyl (C=O) groups excluding carboxylic acids is 1. The van der Waals surface area contributed by atoms with Crippen molar-refractivity contribution in [3.8, 4) is 0 Å². The zero-order chi connectivity index (χ0) is 24.2. The minimum Gasteiger partial charge on any atom is -0.379 e. The number of nitro groups is 1. The maximum atomic E-state index is 13.8. The number of amides is 1. The molecule has 3 heterocycles. The van der Waals surface area contributed by atoms with E-state index in [2.05, 4.69) is 9.80 Å². The highest BCUT2D eigenvalue weighted by molar-refractivity contribution is 7.22. The van der Waals surface area contributed by atoms with E-state index in [9.17, 15) is 14.9 Å². The van der Waals surface area contributed by atoms with Crippen LogP contribution in [0.2, 0.25) is 0 Å². The Balaban J connectivity index is 1.45. The third kappa shape index (κ3) is 5.29. The highest BCUT2D eigenvalue weighted by Gasteiger charge is 2.27. The maximum Gasteiger partial charge on any atom is 0.293 e. The Bertz CT molecular complexity index is 1170. The summed E-state index contributed by atoms with van der Waals surface area (Å²) in [6.07, 6.45) is 3.18. The Kier molecular flexibility index (Phi) is 7.21. The SMILES string of the molecule is O=C(c1ccc(N2CCCCC2)c([N+](=O)[O-])c1)N(CCN1CCOCC1)c1nc2ccccc2s1. The Labute approximate surface area is 208 Å². The summed E-state index contributed by atoms with van der Waals surface area (Å²) in [5.41, 5.74) is 1.71. The van der Waals surface area contributed by atoms with E-state index in [0.717, 1.165) is 55.7 Å². The van der Waals surface area contributed by atoms with Gasteiger partial charge in [0.05, 0.1) is 28.4 Å². The molecule has 0 radical (unpaired) electrons. The van der Waals surface area contributed by atoms with E-state index in [1.807, 2.05) is 24.3 Å². The molecule has 5 rings (SSSR count). The van der Waals surface area contributed by atoms with E-state index in [4.69, 9.17) is 9.72 Å². The average molecular weight is 496 g/mol. The first kappa shape index (κ1) is 23.7. The zero-order valence-electron chi connectivity index (χ0n) is 19.6. The second-order valence-corrected chi connectivity index (χ2v) is 9.89. The topological polar surface area (TPSA) is 92.0 Å². The van der Waals surface area contributed by atoms with Gasteiger partial charge in [-0.15, -0.1) is 0 Å². The van der Waals surface area contributed by atoms with Gasteiger partial charge in [-0.2, -0.15) is 0 Å². The highest BCUT2D eigenvalue weighted by atomic mass is 32.1. The quantitative estimate of drug-likeness (QED) is 0.359. The fourth-order valence-corrected chi connectivity index (χ4v) is 5.68. The van der Waals surface area contributed by atoms with Crippen LogP contribution in [-0.2, 0) is 4.74 Å². The number of hydrogen-bond acceptors (Lipinski definition) is 8. The molecule has 3 aromatic rings. The number of rotatable bonds is 7. The molecule has 10 heteroatoms. The van der Waals surface area contributed by atoms with E-state index in [0.29, 0.717) is 42.7 Å². The molecule has 0 aliphatic carbocycles. The number of hydrogen-bond donors (Lipinski definition) is 0. The summed E-state index contributed by atoms with van der Waals surface area (Å²) in [5, 5.41) is 12.6. The summed E-state index contributed by atoms with van der Waals surface area (Å²) >= 11 is 1.46. The van der Waals surface area contributed by atoms with Crippen molar-refractivity contribution in [3.63, 3.8) is 0 Å². The van der Waals surface area contributed by atoms with Crippen molar-refractivity contribution in [3.05, 3.63) is 58.1 Å². The van der Waals surface area contributed by atoms with Crippen LogP contribution in [0, 0.1) is 10.1 Å². The number of carbonyl (C=O) groups is 1. The molecule has 35 heavy (non-hydrogen) atoms. The van der Waals surface area contributed by atoms with Gasteiger partial charge in [-0.05, 0) is 43.5 Å². The summed E-state index contributed by atoms with van der Waals surface area (Å²) in [6.45, 7) is 5.71. The van der Waals surface area contributed by atoms with E-state index >= 15 is 0 Å². The number of benzene rings is 2. The first-order chi connectivity index (χ1) is 17.1. The Morgan fingerprint density at radius 1 is 1.09 bits per heavy atom. The third-order valence-corrected chi connectivity index (χ3v) is 7.68. The molecular weight excluding hydrogens is 466 g/mol. The van der Waals surface area contributed by atoms with Crippen LogP contribution < -0.4 is 9.80 Å². The van der Waals surface area contributed by atoms with Crippen molar-refractivity contribution in [1.82, 2.24) is 9.88 Å². The normalized spacial score (nSPS) is 17.0. The van der Waals surface area contributed by atoms with E-state index < -0.39 is 0 Å². The fourth-order valence-electron chi connectivity index (χ4n) is 4.69. The van der Waals surface area contributed by atoms with Crippen molar-refractivity contribution in [2.45, 2.75) is 19.3 Å². The second-order valence-electron chi connectivity index (χ2n) is 8.88. The van der Waals surface area contributed by atoms with Gasteiger partial charge in [0.25, 0.3) is 11.6 Å². The molecule has 9 nitrogen and oxygen atoms in total. The largest absolute Gasteiger partial charge is 0.379 e. The molecule has 1 amide bonds. The number of ether oxygens (including phenoxy) is 1. The number of morpholine rings is 1. The molecule has 0 N–H and O–H groups in total. The number of para-hydroxylation sites is 1. The molecule has 184 valence electrons. The van der Waals surface area contributed by atoms with Crippen LogP contribution >= 0.6 is 11.3 Å². The van der Waals surface area contributed by atoms with Gasteiger partial charge >= 0.3 is 0 Å². The van der Waals surface area contributed by atoms with Gasteiger partial charge in [-0.25, -0.2) is 4.98 Å². The third-order valence-electron chi connectivity index (χ3n) is 6.62. The molecule has 0 saturated carbocycles. The minimum absolute atomic E-state index is 0.0184. The number of thiazole rings is 1. The molecule has 0 bridgehead atoms. The van der Waals surface area contributed by atoms with Crippen LogP contribution in [0.1, 0.15) is 29.6 Å². The Hall–Kier alpha value is -3.08. The van der Waals surface area contributed by atoms with Crippen LogP contribution in [0.25, 0.3) is 10.2 Å². The highest BCUT2D eigenvalue weighted by Crippen LogP contribution is 2.33. The van der Waals surface area contributed by atoms with Crippen LogP contribution in [0.5, 0.6) is 0 Å². The van der Waals surface area contributed by atoms with Gasteiger partial charge < -0.3 is 9.64 Å². The summed E-state index contributed by atoms with van der Waals surface area (Å²) < 4.78 is 6.44. The molecule has 2 fully saturated rings. The Morgan fingerprint density at radius 3 is 2.60 bits per heavy atom. The lowest BCUT2D eigenvalue weighted by atomic mass is 10.1. The van der Waals surface area contributed by atoms with Crippen molar-refractivity contribution in [1.29, 1.82) is 0 Å². The smallest absolute Gasteiger partial charge is 0.293 e. The molecule has 2 aliphatic rings. The molecule has 0 spiro atoms. The van der Waals surface area contributed by atoms with E-state index in [1.165, 1.54) is 17.4 Å². The van der Waals surface area contributed by atoms with E-state index in [-0.39, 0.29) is 16.5 Å². The van der Waals surface area contributed by atoms with Crippen LogP contribution in [0.15, 0.2) is 42.5 Å². The standard InChI is InChI=1S/C25H29N5O4S/c31-24(19-8-9-21(22(18-19)30(32)33)28-10-4-1-5-11-28)29(13-12-27-14-16-34-17-15-27)25-26-20-6-2-3-7-23(20)35-25/h2-3,6-9,18H,1,4-5,10-17H2. The fraction of sp³-hybridized carbons (Fsp3) is 0.440. The molecule has 0 atom stereocenters. The number of anilines is 2. The average Bonchev–Trinajstić information content (AvgIpc) is 3.33. The molecular formula is C25H29N5O4S. The van der Waals surface area contributed by atoms with Crippen LogP contribution in [0.4, 0.5) is 16.5 Å². The van der Waals surface area contributed by atoms with Crippen LogP contribution in [-0.4, -0.2) is 73.2 Å². The van der Waals surface area contributed by atoms with E-state index in [1.54, 1.807) is 17.0 Å². The predicted octanol–water partition coefficient (Wildman–Crippen LogP) is 4.17. The zero-order valence-corrected chi connectivity index (χ0v) is 20.4. The van der Waals surface area contributed by atoms with Gasteiger partial charge in [0, 0.05) is 50.9 Å². The number of aromatic nitrogens is 1. The summed E-state index contributed by atoms with van der Waals surface area (Å²) in [6, 6.07) is 12.7. The molecule has 2 aromatic carbocycles. The van der Waals surface area contributed by atoms with Gasteiger partial charge in [-0.1, -0.05) is 23.5 Å². The van der Waals surface area contributed by atoms with Crippen molar-refractivity contribution in [2.75, 3.05) is 62.3 Å². The number of nitrogens with zero attached hydrogens (tertiary/aromatic N) is 5. The molecule has 2 aliphatic heterocycles. The number of nitro benzene ring substituents is 1. The monoisotopic (exact) mass is 495 g/mol. The number of fused-ring (bicyclic) bond motifs is 1. The summed E-state index contributed by atoms with van der Waals surface area (Å²) in [5.74, 6) is -0.273. The van der Waals surface area contributed by atoms with Gasteiger partial charge in [-0.3, -0.25) is 24.7 Å². The first-order valence-corrected chi connectivity index (χ1v) is 12.9. The second kappa shape index (κ2) is 10.7. The Morgan fingerprint density at radius 2 is 1.86 bits per heavy atom. The number of piperidine rings is 1. The first-order valence-electron chi connectivity index (χ1n) is 12.1. The maximum absolute atomic E-state index is 13.8. The van der Waals surface area contributed by atoms with Gasteiger partial charge in [0.1, 0.15) is 5.69 Å². The predicted molar refractivity (Wildman–Crippen MR) is 138 cm³/mol. The molecule has 2 saturated heterocycles. The van der Waals surface area contributed by atoms with Crippen LogP contribution in [0.3, 0.4) is 0 Å². The molecule has 0 unspecified atom stereocenters. The lowest BCUT2D eigenvalue weighted by Crippen LogP contribution is -2.43.